The van der Waals surface area contributed by atoms with Gasteiger partial charge in [0.1, 0.15) is 0 Å². The van der Waals surface area contributed by atoms with Gasteiger partial charge in [0, 0.05) is 34.8 Å². The van der Waals surface area contributed by atoms with Gasteiger partial charge < -0.3 is 5.32 Å². The van der Waals surface area contributed by atoms with E-state index in [1.807, 2.05) is 24.5 Å². The van der Waals surface area contributed by atoms with Crippen LogP contribution in [0.1, 0.15) is 19.4 Å². The van der Waals surface area contributed by atoms with Gasteiger partial charge in [0.05, 0.1) is 0 Å². The van der Waals surface area contributed by atoms with Crippen LogP contribution in [0.3, 0.4) is 0 Å². The summed E-state index contributed by atoms with van der Waals surface area (Å²) in [6.45, 7) is 5.25. The highest BCUT2D eigenvalue weighted by Crippen LogP contribution is 2.26. The molecule has 0 saturated heterocycles. The summed E-state index contributed by atoms with van der Waals surface area (Å²) in [6.07, 6.45) is 3.65. The number of nitrogens with zero attached hydrogens (tertiary/aromatic N) is 1. The number of rotatable bonds is 5. The maximum absolute atomic E-state index is 4.02. The van der Waals surface area contributed by atoms with E-state index in [0.717, 1.165) is 6.54 Å². The van der Waals surface area contributed by atoms with Crippen LogP contribution in [0.2, 0.25) is 0 Å². The molecular formula is C15H18N2S. The van der Waals surface area contributed by atoms with E-state index in [2.05, 4.69) is 48.4 Å². The van der Waals surface area contributed by atoms with Gasteiger partial charge in [-0.15, -0.1) is 0 Å². The van der Waals surface area contributed by atoms with E-state index in [1.54, 1.807) is 11.8 Å². The molecule has 0 spiro atoms. The Bertz CT molecular complexity index is 466. The Labute approximate surface area is 113 Å². The molecule has 2 rings (SSSR count). The second-order valence-corrected chi connectivity index (χ2v) is 5.61. The van der Waals surface area contributed by atoms with Gasteiger partial charge in [0.25, 0.3) is 0 Å². The van der Waals surface area contributed by atoms with Crippen molar-refractivity contribution in [1.29, 1.82) is 0 Å². The largest absolute Gasteiger partial charge is 0.310 e. The number of nitrogens with one attached hydrogen (secondary N) is 1. The molecule has 1 aromatic carbocycles. The van der Waals surface area contributed by atoms with E-state index in [9.17, 15) is 0 Å². The molecule has 0 aliphatic carbocycles. The van der Waals surface area contributed by atoms with Crippen molar-refractivity contribution >= 4 is 11.8 Å². The number of benzene rings is 1. The van der Waals surface area contributed by atoms with Crippen LogP contribution in [0.25, 0.3) is 0 Å². The molecule has 0 bridgehead atoms. The first-order valence-electron chi connectivity index (χ1n) is 6.14. The maximum Gasteiger partial charge on any atom is 0.0279 e. The number of hydrogen-bond acceptors (Lipinski definition) is 3. The lowest BCUT2D eigenvalue weighted by Gasteiger charge is -2.08. The van der Waals surface area contributed by atoms with Crippen LogP contribution in [-0.2, 0) is 6.54 Å². The molecule has 1 aromatic heterocycles. The van der Waals surface area contributed by atoms with Crippen molar-refractivity contribution in [3.05, 3.63) is 54.4 Å². The van der Waals surface area contributed by atoms with E-state index < -0.39 is 0 Å². The molecule has 0 atom stereocenters. The monoisotopic (exact) mass is 258 g/mol. The van der Waals surface area contributed by atoms with Crippen molar-refractivity contribution in [2.75, 3.05) is 0 Å². The molecule has 1 N–H and O–H groups in total. The fraction of sp³-hybridized carbons (Fsp3) is 0.267. The van der Waals surface area contributed by atoms with Gasteiger partial charge in [-0.1, -0.05) is 37.7 Å². The number of aromatic nitrogens is 1. The molecule has 0 amide bonds. The van der Waals surface area contributed by atoms with Crippen LogP contribution in [0.4, 0.5) is 0 Å². The molecule has 0 aliphatic rings. The van der Waals surface area contributed by atoms with Gasteiger partial charge in [0.2, 0.25) is 0 Å². The van der Waals surface area contributed by atoms with Gasteiger partial charge in [-0.2, -0.15) is 0 Å². The van der Waals surface area contributed by atoms with Crippen LogP contribution in [0.15, 0.2) is 58.6 Å². The van der Waals surface area contributed by atoms with Crippen molar-refractivity contribution in [2.24, 2.45) is 0 Å². The third kappa shape index (κ3) is 4.17. The zero-order valence-corrected chi connectivity index (χ0v) is 11.6. The molecule has 0 fully saturated rings. The summed E-state index contributed by atoms with van der Waals surface area (Å²) in [7, 11) is 0. The standard InChI is InChI=1S/C15H18N2S/c1-12(2)17-11-13-3-5-14(6-4-13)18-15-7-9-16-10-8-15/h3-10,12,17H,11H2,1-2H3. The molecule has 0 saturated carbocycles. The zero-order valence-electron chi connectivity index (χ0n) is 10.8. The van der Waals surface area contributed by atoms with E-state index in [1.165, 1.54) is 15.4 Å². The van der Waals surface area contributed by atoms with E-state index in [4.69, 9.17) is 0 Å². The lowest BCUT2D eigenvalue weighted by Crippen LogP contribution is -2.21. The fourth-order valence-electron chi connectivity index (χ4n) is 1.54. The molecule has 2 nitrogen and oxygen atoms in total. The van der Waals surface area contributed by atoms with Crippen LogP contribution in [0, 0.1) is 0 Å². The number of hydrogen-bond donors (Lipinski definition) is 1. The molecule has 0 unspecified atom stereocenters. The smallest absolute Gasteiger partial charge is 0.0279 e. The Balaban J connectivity index is 1.95. The Morgan fingerprint density at radius 2 is 1.61 bits per heavy atom. The van der Waals surface area contributed by atoms with E-state index in [-0.39, 0.29) is 0 Å². The predicted molar refractivity (Wildman–Crippen MR) is 76.8 cm³/mol. The fourth-order valence-corrected chi connectivity index (χ4v) is 2.34. The molecular weight excluding hydrogens is 240 g/mol. The molecule has 3 heteroatoms. The normalized spacial score (nSPS) is 10.8. The second-order valence-electron chi connectivity index (χ2n) is 4.46. The Morgan fingerprint density at radius 3 is 2.22 bits per heavy atom. The SMILES string of the molecule is CC(C)NCc1ccc(Sc2ccncc2)cc1. The minimum Gasteiger partial charge on any atom is -0.310 e. The highest BCUT2D eigenvalue weighted by molar-refractivity contribution is 7.99. The molecule has 1 heterocycles. The van der Waals surface area contributed by atoms with Crippen LogP contribution >= 0.6 is 11.8 Å². The van der Waals surface area contributed by atoms with Gasteiger partial charge in [0.15, 0.2) is 0 Å². The first-order chi connectivity index (χ1) is 8.74. The average molecular weight is 258 g/mol. The Morgan fingerprint density at radius 1 is 1.00 bits per heavy atom. The topological polar surface area (TPSA) is 24.9 Å². The summed E-state index contributed by atoms with van der Waals surface area (Å²) < 4.78 is 0. The molecule has 0 radical (unpaired) electrons. The minimum absolute atomic E-state index is 0.524. The summed E-state index contributed by atoms with van der Waals surface area (Å²) in [5, 5.41) is 3.42. The van der Waals surface area contributed by atoms with Gasteiger partial charge in [-0.3, -0.25) is 4.98 Å². The van der Waals surface area contributed by atoms with Gasteiger partial charge in [-0.05, 0) is 29.8 Å². The Hall–Kier alpha value is -1.32. The van der Waals surface area contributed by atoms with Crippen molar-refractivity contribution in [3.8, 4) is 0 Å². The van der Waals surface area contributed by atoms with Crippen LogP contribution in [-0.4, -0.2) is 11.0 Å². The molecule has 0 aliphatic heterocycles. The van der Waals surface area contributed by atoms with Crippen molar-refractivity contribution in [1.82, 2.24) is 10.3 Å². The van der Waals surface area contributed by atoms with Crippen molar-refractivity contribution < 1.29 is 0 Å². The lowest BCUT2D eigenvalue weighted by molar-refractivity contribution is 0.588. The van der Waals surface area contributed by atoms with Crippen LogP contribution < -0.4 is 5.32 Å². The minimum atomic E-state index is 0.524. The molecule has 2 aromatic rings. The molecule has 94 valence electrons. The van der Waals surface area contributed by atoms with Crippen molar-refractivity contribution in [3.63, 3.8) is 0 Å². The van der Waals surface area contributed by atoms with E-state index in [0.29, 0.717) is 6.04 Å². The average Bonchev–Trinajstić information content (AvgIpc) is 2.39. The summed E-state index contributed by atoms with van der Waals surface area (Å²) in [5.41, 5.74) is 1.32. The summed E-state index contributed by atoms with van der Waals surface area (Å²) in [5.74, 6) is 0. The van der Waals surface area contributed by atoms with Gasteiger partial charge in [-0.25, -0.2) is 0 Å². The third-order valence-electron chi connectivity index (χ3n) is 2.52. The highest BCUT2D eigenvalue weighted by Gasteiger charge is 1.98. The number of pyridine rings is 1. The highest BCUT2D eigenvalue weighted by atomic mass is 32.2. The second kappa shape index (κ2) is 6.57. The first kappa shape index (κ1) is 13.1. The van der Waals surface area contributed by atoms with Crippen LogP contribution in [0.5, 0.6) is 0 Å². The van der Waals surface area contributed by atoms with Gasteiger partial charge >= 0.3 is 0 Å². The lowest BCUT2D eigenvalue weighted by atomic mass is 10.2. The first-order valence-corrected chi connectivity index (χ1v) is 6.96. The third-order valence-corrected chi connectivity index (χ3v) is 3.54. The van der Waals surface area contributed by atoms with E-state index >= 15 is 0 Å². The summed E-state index contributed by atoms with van der Waals surface area (Å²) in [4.78, 5) is 6.50. The zero-order chi connectivity index (χ0) is 12.8. The summed E-state index contributed by atoms with van der Waals surface area (Å²) in [6, 6.07) is 13.3. The van der Waals surface area contributed by atoms with Crippen molar-refractivity contribution in [2.45, 2.75) is 36.2 Å². The Kier molecular flexibility index (Phi) is 4.79. The predicted octanol–water partition coefficient (Wildman–Crippen LogP) is 3.73. The maximum atomic E-state index is 4.02. The quantitative estimate of drug-likeness (QED) is 0.884. The molecule has 18 heavy (non-hydrogen) atoms. The summed E-state index contributed by atoms with van der Waals surface area (Å²) >= 11 is 1.76.